The molecule has 1 aromatic carbocycles. The van der Waals surface area contributed by atoms with E-state index in [1.165, 1.54) is 14.2 Å². The molecule has 1 aliphatic rings. The van der Waals surface area contributed by atoms with E-state index in [0.29, 0.717) is 36.8 Å². The zero-order valence-electron chi connectivity index (χ0n) is 11.1. The van der Waals surface area contributed by atoms with Crippen molar-refractivity contribution < 1.29 is 19.1 Å². The lowest BCUT2D eigenvalue weighted by Gasteiger charge is -2.25. The minimum absolute atomic E-state index is 0.0364. The summed E-state index contributed by atoms with van der Waals surface area (Å²) in [4.78, 5) is 10.9. The molecule has 1 atom stereocenters. The first-order chi connectivity index (χ1) is 9.60. The van der Waals surface area contributed by atoms with E-state index in [4.69, 9.17) is 14.2 Å². The zero-order chi connectivity index (χ0) is 14.7. The molecule has 0 amide bonds. The van der Waals surface area contributed by atoms with Crippen LogP contribution in [0.5, 0.6) is 11.5 Å². The number of rotatable bonds is 4. The Balaban J connectivity index is 2.58. The summed E-state index contributed by atoms with van der Waals surface area (Å²) in [6.07, 6.45) is 0. The third kappa shape index (κ3) is 2.72. The van der Waals surface area contributed by atoms with E-state index in [0.717, 1.165) is 0 Å². The van der Waals surface area contributed by atoms with Gasteiger partial charge in [-0.3, -0.25) is 10.1 Å². The number of methoxy groups -OCH3 is 2. The molecule has 1 saturated heterocycles. The van der Waals surface area contributed by atoms with Gasteiger partial charge in [-0.1, -0.05) is 0 Å². The maximum atomic E-state index is 11.4. The molecule has 1 heterocycles. The van der Waals surface area contributed by atoms with Gasteiger partial charge in [0, 0.05) is 6.54 Å². The van der Waals surface area contributed by atoms with Crippen LogP contribution in [0.1, 0.15) is 11.6 Å². The predicted octanol–water partition coefficient (Wildman–Crippen LogP) is 2.04. The van der Waals surface area contributed by atoms with Crippen LogP contribution in [-0.4, -0.2) is 38.9 Å². The maximum Gasteiger partial charge on any atom is 0.292 e. The summed E-state index contributed by atoms with van der Waals surface area (Å²) in [5.74, 6) is 0.743. The zero-order valence-corrected chi connectivity index (χ0v) is 12.7. The van der Waals surface area contributed by atoms with Crippen LogP contribution < -0.4 is 14.8 Å². The van der Waals surface area contributed by atoms with Gasteiger partial charge in [0.05, 0.1) is 44.0 Å². The average Bonchev–Trinajstić information content (AvgIpc) is 2.46. The van der Waals surface area contributed by atoms with Crippen LogP contribution in [0, 0.1) is 10.1 Å². The quantitative estimate of drug-likeness (QED) is 0.663. The minimum Gasteiger partial charge on any atom is -0.493 e. The monoisotopic (exact) mass is 346 g/mol. The van der Waals surface area contributed by atoms with E-state index in [9.17, 15) is 10.1 Å². The molecule has 0 aromatic heterocycles. The molecule has 7 nitrogen and oxygen atoms in total. The van der Waals surface area contributed by atoms with Gasteiger partial charge in [0.1, 0.15) is 4.47 Å². The molecule has 1 aromatic rings. The lowest BCUT2D eigenvalue weighted by Crippen LogP contribution is -2.35. The first-order valence-corrected chi connectivity index (χ1v) is 6.79. The smallest absolute Gasteiger partial charge is 0.292 e. The van der Waals surface area contributed by atoms with Gasteiger partial charge < -0.3 is 19.5 Å². The second-order valence-corrected chi connectivity index (χ2v) is 5.00. The molecule has 0 aliphatic carbocycles. The Bertz CT molecular complexity index is 517. The summed E-state index contributed by atoms with van der Waals surface area (Å²) < 4.78 is 16.0. The lowest BCUT2D eigenvalue weighted by atomic mass is 10.0. The lowest BCUT2D eigenvalue weighted by molar-refractivity contribution is -0.386. The first-order valence-electron chi connectivity index (χ1n) is 6.00. The maximum absolute atomic E-state index is 11.4. The number of halogens is 1. The van der Waals surface area contributed by atoms with Crippen molar-refractivity contribution in [3.8, 4) is 11.5 Å². The van der Waals surface area contributed by atoms with Gasteiger partial charge in [0.25, 0.3) is 5.69 Å². The van der Waals surface area contributed by atoms with E-state index >= 15 is 0 Å². The molecule has 20 heavy (non-hydrogen) atoms. The second-order valence-electron chi connectivity index (χ2n) is 4.20. The van der Waals surface area contributed by atoms with Crippen molar-refractivity contribution in [1.82, 2.24) is 5.32 Å². The highest BCUT2D eigenvalue weighted by atomic mass is 79.9. The van der Waals surface area contributed by atoms with Gasteiger partial charge in [-0.05, 0) is 22.0 Å². The van der Waals surface area contributed by atoms with Crippen molar-refractivity contribution in [3.05, 3.63) is 26.2 Å². The number of nitro benzene ring substituents is 1. The Morgan fingerprint density at radius 2 is 2.25 bits per heavy atom. The fraction of sp³-hybridized carbons (Fsp3) is 0.500. The summed E-state index contributed by atoms with van der Waals surface area (Å²) in [6, 6.07) is 1.37. The largest absolute Gasteiger partial charge is 0.493 e. The molecule has 0 spiro atoms. The van der Waals surface area contributed by atoms with Crippen LogP contribution in [0.4, 0.5) is 5.69 Å². The van der Waals surface area contributed by atoms with E-state index in [-0.39, 0.29) is 16.2 Å². The standard InChI is InChI=1S/C12H15BrN2O5/c1-18-9-5-7(8-6-20-4-3-14-8)11(15(16)17)10(13)12(9)19-2/h5,8,14H,3-4,6H2,1-2H3/t8-/m0/s1. The van der Waals surface area contributed by atoms with Gasteiger partial charge >= 0.3 is 0 Å². The number of ether oxygens (including phenoxy) is 3. The second kappa shape index (κ2) is 6.38. The summed E-state index contributed by atoms with van der Waals surface area (Å²) in [6.45, 7) is 1.62. The fourth-order valence-corrected chi connectivity index (χ4v) is 2.91. The average molecular weight is 347 g/mol. The molecular formula is C12H15BrN2O5. The van der Waals surface area contributed by atoms with Gasteiger partial charge in [-0.25, -0.2) is 0 Å². The number of nitrogens with one attached hydrogen (secondary N) is 1. The summed E-state index contributed by atoms with van der Waals surface area (Å²) in [5, 5.41) is 14.6. The Morgan fingerprint density at radius 3 is 2.75 bits per heavy atom. The van der Waals surface area contributed by atoms with E-state index in [1.54, 1.807) is 6.07 Å². The van der Waals surface area contributed by atoms with Crippen LogP contribution in [-0.2, 0) is 4.74 Å². The Morgan fingerprint density at radius 1 is 1.50 bits per heavy atom. The van der Waals surface area contributed by atoms with Gasteiger partial charge in [-0.15, -0.1) is 0 Å². The third-order valence-electron chi connectivity index (χ3n) is 3.09. The molecular weight excluding hydrogens is 332 g/mol. The summed E-state index contributed by atoms with van der Waals surface area (Å²) in [5.41, 5.74) is 0.477. The van der Waals surface area contributed by atoms with Gasteiger partial charge in [-0.2, -0.15) is 0 Å². The molecule has 1 fully saturated rings. The molecule has 1 N–H and O–H groups in total. The van der Waals surface area contributed by atoms with Crippen molar-refractivity contribution in [2.75, 3.05) is 34.0 Å². The Hall–Kier alpha value is -1.38. The van der Waals surface area contributed by atoms with Gasteiger partial charge in [0.15, 0.2) is 11.5 Å². The Labute approximate surface area is 124 Å². The summed E-state index contributed by atoms with van der Waals surface area (Å²) in [7, 11) is 2.93. The van der Waals surface area contributed by atoms with Crippen molar-refractivity contribution in [1.29, 1.82) is 0 Å². The number of morpholine rings is 1. The van der Waals surface area contributed by atoms with Crippen LogP contribution in [0.15, 0.2) is 10.5 Å². The SMILES string of the molecule is COc1cc([C@@H]2COCCN2)c([N+](=O)[O-])c(Br)c1OC. The van der Waals surface area contributed by atoms with Gasteiger partial charge in [0.2, 0.25) is 0 Å². The molecule has 110 valence electrons. The molecule has 0 radical (unpaired) electrons. The molecule has 1 aliphatic heterocycles. The molecule has 0 saturated carbocycles. The number of benzene rings is 1. The van der Waals surface area contributed by atoms with E-state index in [2.05, 4.69) is 21.2 Å². The molecule has 2 rings (SSSR count). The van der Waals surface area contributed by atoms with E-state index in [1.807, 2.05) is 0 Å². The fourth-order valence-electron chi connectivity index (χ4n) is 2.18. The third-order valence-corrected chi connectivity index (χ3v) is 3.83. The van der Waals surface area contributed by atoms with Crippen molar-refractivity contribution in [2.45, 2.75) is 6.04 Å². The first kappa shape index (κ1) is 15.0. The number of nitro groups is 1. The minimum atomic E-state index is -0.433. The predicted molar refractivity (Wildman–Crippen MR) is 75.5 cm³/mol. The van der Waals surface area contributed by atoms with E-state index < -0.39 is 4.92 Å². The number of hydrogen-bond donors (Lipinski definition) is 1. The van der Waals surface area contributed by atoms with Crippen LogP contribution >= 0.6 is 15.9 Å². The number of nitrogens with zero attached hydrogens (tertiary/aromatic N) is 1. The molecule has 8 heteroatoms. The molecule has 0 bridgehead atoms. The van der Waals surface area contributed by atoms with Crippen LogP contribution in [0.25, 0.3) is 0 Å². The molecule has 0 unspecified atom stereocenters. The van der Waals surface area contributed by atoms with Crippen molar-refractivity contribution >= 4 is 21.6 Å². The number of hydrogen-bond acceptors (Lipinski definition) is 6. The summed E-state index contributed by atoms with van der Waals surface area (Å²) >= 11 is 3.24. The highest BCUT2D eigenvalue weighted by Gasteiger charge is 2.31. The van der Waals surface area contributed by atoms with Crippen molar-refractivity contribution in [3.63, 3.8) is 0 Å². The highest BCUT2D eigenvalue weighted by molar-refractivity contribution is 9.10. The highest BCUT2D eigenvalue weighted by Crippen LogP contribution is 2.45. The van der Waals surface area contributed by atoms with Crippen LogP contribution in [0.2, 0.25) is 0 Å². The topological polar surface area (TPSA) is 82.9 Å². The van der Waals surface area contributed by atoms with Crippen LogP contribution in [0.3, 0.4) is 0 Å². The Kier molecular flexibility index (Phi) is 4.79. The van der Waals surface area contributed by atoms with Crippen molar-refractivity contribution in [2.24, 2.45) is 0 Å². The normalized spacial score (nSPS) is 18.6.